The topological polar surface area (TPSA) is 47.5 Å². The van der Waals surface area contributed by atoms with Crippen LogP contribution in [0.2, 0.25) is 5.15 Å². The Hall–Kier alpha value is -1.92. The first-order valence-electron chi connectivity index (χ1n) is 7.29. The molecule has 1 saturated heterocycles. The minimum atomic E-state index is -0.329. The molecule has 1 aliphatic heterocycles. The number of benzene rings is 1. The number of halogens is 2. The zero-order chi connectivity index (χ0) is 16.2. The maximum absolute atomic E-state index is 13.7. The molecule has 0 unspecified atom stereocenters. The van der Waals surface area contributed by atoms with E-state index in [-0.39, 0.29) is 11.6 Å². The summed E-state index contributed by atoms with van der Waals surface area (Å²) in [5, 5.41) is 0.319. The van der Waals surface area contributed by atoms with Gasteiger partial charge in [-0.25, -0.2) is 4.39 Å². The van der Waals surface area contributed by atoms with Gasteiger partial charge >= 0.3 is 0 Å². The van der Waals surface area contributed by atoms with E-state index in [9.17, 15) is 4.39 Å². The molecule has 7 heteroatoms. The summed E-state index contributed by atoms with van der Waals surface area (Å²) in [7, 11) is 1.46. The molecule has 1 fully saturated rings. The summed E-state index contributed by atoms with van der Waals surface area (Å²) >= 11 is 5.75. The van der Waals surface area contributed by atoms with Crippen molar-refractivity contribution in [1.82, 2.24) is 14.9 Å². The number of hydrogen-bond donors (Lipinski definition) is 0. The number of likely N-dealkylation sites (tertiary alicyclic amines) is 1. The molecule has 0 N–H and O–H groups in total. The maximum Gasteiger partial charge on any atom is 0.233 e. The predicted molar refractivity (Wildman–Crippen MR) is 84.3 cm³/mol. The number of aromatic nitrogens is 2. The fraction of sp³-hybridized carbons (Fsp3) is 0.375. The zero-order valence-electron chi connectivity index (χ0n) is 12.7. The summed E-state index contributed by atoms with van der Waals surface area (Å²) in [6.07, 6.45) is 3.01. The average molecular weight is 338 g/mol. The Morgan fingerprint density at radius 1 is 1.35 bits per heavy atom. The molecule has 0 amide bonds. The third kappa shape index (κ3) is 4.09. The Balaban J connectivity index is 1.43. The fourth-order valence-corrected chi connectivity index (χ4v) is 2.72. The number of methoxy groups -OCH3 is 1. The molecule has 1 aliphatic rings. The van der Waals surface area contributed by atoms with Crippen LogP contribution in [0.4, 0.5) is 4.39 Å². The highest BCUT2D eigenvalue weighted by atomic mass is 35.5. The summed E-state index contributed by atoms with van der Waals surface area (Å²) in [5.41, 5.74) is 0.934. The first-order chi connectivity index (χ1) is 11.1. The summed E-state index contributed by atoms with van der Waals surface area (Å²) in [6.45, 7) is 3.10. The Labute approximate surface area is 139 Å². The van der Waals surface area contributed by atoms with Crippen molar-refractivity contribution in [3.05, 3.63) is 47.1 Å². The van der Waals surface area contributed by atoms with E-state index in [2.05, 4.69) is 14.9 Å². The molecule has 122 valence electrons. The van der Waals surface area contributed by atoms with E-state index >= 15 is 0 Å². The van der Waals surface area contributed by atoms with Crippen molar-refractivity contribution in [3.63, 3.8) is 0 Å². The molecule has 1 aromatic carbocycles. The number of nitrogens with zero attached hydrogens (tertiary/aromatic N) is 3. The van der Waals surface area contributed by atoms with Crippen LogP contribution in [-0.4, -0.2) is 41.7 Å². The van der Waals surface area contributed by atoms with Crippen molar-refractivity contribution in [2.75, 3.05) is 26.8 Å². The molecule has 0 aliphatic carbocycles. The number of ether oxygens (including phenoxy) is 2. The first kappa shape index (κ1) is 16.0. The lowest BCUT2D eigenvalue weighted by Crippen LogP contribution is -2.48. The second-order valence-electron chi connectivity index (χ2n) is 5.52. The van der Waals surface area contributed by atoms with Crippen LogP contribution in [0.5, 0.6) is 11.6 Å². The van der Waals surface area contributed by atoms with Gasteiger partial charge in [-0.2, -0.15) is 4.98 Å². The van der Waals surface area contributed by atoms with Gasteiger partial charge in [0.05, 0.1) is 26.1 Å². The van der Waals surface area contributed by atoms with Crippen molar-refractivity contribution < 1.29 is 13.9 Å². The highest BCUT2D eigenvalue weighted by molar-refractivity contribution is 6.29. The molecule has 1 aromatic heterocycles. The van der Waals surface area contributed by atoms with Gasteiger partial charge in [0.1, 0.15) is 0 Å². The normalized spacial score (nSPS) is 15.3. The first-order valence-corrected chi connectivity index (χ1v) is 7.67. The Bertz CT molecular complexity index is 680. The van der Waals surface area contributed by atoms with E-state index < -0.39 is 0 Å². The molecule has 2 aromatic rings. The zero-order valence-corrected chi connectivity index (χ0v) is 13.5. The van der Waals surface area contributed by atoms with Gasteiger partial charge in [0.2, 0.25) is 5.88 Å². The third-order valence-electron chi connectivity index (χ3n) is 3.71. The van der Waals surface area contributed by atoms with Crippen LogP contribution in [0, 0.1) is 11.7 Å². The van der Waals surface area contributed by atoms with Crippen LogP contribution in [0.15, 0.2) is 30.6 Å². The van der Waals surface area contributed by atoms with Crippen LogP contribution in [0.3, 0.4) is 0 Å². The van der Waals surface area contributed by atoms with Crippen LogP contribution < -0.4 is 9.47 Å². The van der Waals surface area contributed by atoms with Crippen LogP contribution in [-0.2, 0) is 6.54 Å². The highest BCUT2D eigenvalue weighted by Gasteiger charge is 2.27. The van der Waals surface area contributed by atoms with E-state index in [1.54, 1.807) is 12.3 Å². The maximum atomic E-state index is 13.7. The number of rotatable bonds is 6. The van der Waals surface area contributed by atoms with Gasteiger partial charge in [-0.1, -0.05) is 17.7 Å². The monoisotopic (exact) mass is 337 g/mol. The van der Waals surface area contributed by atoms with Crippen molar-refractivity contribution in [2.24, 2.45) is 5.92 Å². The van der Waals surface area contributed by atoms with E-state index in [4.69, 9.17) is 21.1 Å². The van der Waals surface area contributed by atoms with E-state index in [0.29, 0.717) is 30.1 Å². The second kappa shape index (κ2) is 7.10. The van der Waals surface area contributed by atoms with E-state index in [1.165, 1.54) is 19.4 Å². The van der Waals surface area contributed by atoms with Gasteiger partial charge < -0.3 is 9.47 Å². The molecule has 23 heavy (non-hydrogen) atoms. The predicted octanol–water partition coefficient (Wildman–Crippen LogP) is 2.79. The number of hydrogen-bond acceptors (Lipinski definition) is 5. The van der Waals surface area contributed by atoms with Crippen molar-refractivity contribution >= 4 is 11.6 Å². The Kier molecular flexibility index (Phi) is 4.93. The Morgan fingerprint density at radius 3 is 2.87 bits per heavy atom. The standard InChI is InChI=1S/C16H17ClFN3O2/c1-22-14-3-2-11(4-13(14)18)7-21-8-12(9-21)10-23-16-6-19-5-15(17)20-16/h2-6,12H,7-10H2,1H3. The van der Waals surface area contributed by atoms with Gasteiger partial charge in [-0.3, -0.25) is 9.88 Å². The minimum absolute atomic E-state index is 0.270. The molecular weight excluding hydrogens is 321 g/mol. The largest absolute Gasteiger partial charge is 0.494 e. The quantitative estimate of drug-likeness (QED) is 0.811. The summed E-state index contributed by atoms with van der Waals surface area (Å²) in [4.78, 5) is 10.2. The lowest BCUT2D eigenvalue weighted by molar-refractivity contribution is 0.0542. The lowest BCUT2D eigenvalue weighted by Gasteiger charge is -2.38. The molecule has 0 spiro atoms. The molecule has 3 rings (SSSR count). The lowest BCUT2D eigenvalue weighted by atomic mass is 10.0. The second-order valence-corrected chi connectivity index (χ2v) is 5.91. The van der Waals surface area contributed by atoms with Gasteiger partial charge in [0, 0.05) is 25.6 Å². The van der Waals surface area contributed by atoms with Gasteiger partial charge in [0.15, 0.2) is 16.7 Å². The molecule has 0 bridgehead atoms. The van der Waals surface area contributed by atoms with Gasteiger partial charge in [-0.15, -0.1) is 0 Å². The van der Waals surface area contributed by atoms with Crippen molar-refractivity contribution in [3.8, 4) is 11.6 Å². The molecule has 0 saturated carbocycles. The molecular formula is C16H17ClFN3O2. The highest BCUT2D eigenvalue weighted by Crippen LogP contribution is 2.23. The van der Waals surface area contributed by atoms with E-state index in [0.717, 1.165) is 18.7 Å². The average Bonchev–Trinajstić information content (AvgIpc) is 2.49. The van der Waals surface area contributed by atoms with Crippen molar-refractivity contribution in [2.45, 2.75) is 6.54 Å². The molecule has 5 nitrogen and oxygen atoms in total. The molecule has 0 radical (unpaired) electrons. The van der Waals surface area contributed by atoms with Gasteiger partial charge in [0.25, 0.3) is 0 Å². The van der Waals surface area contributed by atoms with Crippen molar-refractivity contribution in [1.29, 1.82) is 0 Å². The Morgan fingerprint density at radius 2 is 2.17 bits per heavy atom. The summed E-state index contributed by atoms with van der Waals surface area (Å²) < 4.78 is 24.1. The van der Waals surface area contributed by atoms with Crippen LogP contribution in [0.25, 0.3) is 0 Å². The van der Waals surface area contributed by atoms with Crippen LogP contribution >= 0.6 is 11.6 Å². The SMILES string of the molecule is COc1ccc(CN2CC(COc3cncc(Cl)n3)C2)cc1F. The van der Waals surface area contributed by atoms with Crippen LogP contribution in [0.1, 0.15) is 5.56 Å². The minimum Gasteiger partial charge on any atom is -0.494 e. The third-order valence-corrected chi connectivity index (χ3v) is 3.89. The van der Waals surface area contributed by atoms with E-state index in [1.807, 2.05) is 6.07 Å². The molecule has 2 heterocycles. The smallest absolute Gasteiger partial charge is 0.233 e. The summed E-state index contributed by atoms with van der Waals surface area (Å²) in [6, 6.07) is 5.06. The van der Waals surface area contributed by atoms with Gasteiger partial charge in [-0.05, 0) is 17.7 Å². The molecule has 0 atom stereocenters. The fourth-order valence-electron chi connectivity index (χ4n) is 2.58. The summed E-state index contributed by atoms with van der Waals surface area (Å²) in [5.74, 6) is 0.809.